The highest BCUT2D eigenvalue weighted by Crippen LogP contribution is 2.10. The number of methoxy groups -OCH3 is 1. The summed E-state index contributed by atoms with van der Waals surface area (Å²) in [7, 11) is 1.56. The Balaban J connectivity index is 2.21. The van der Waals surface area contributed by atoms with E-state index in [1.807, 2.05) is 6.92 Å². The van der Waals surface area contributed by atoms with Gasteiger partial charge in [0.2, 0.25) is 5.91 Å². The van der Waals surface area contributed by atoms with Crippen LogP contribution in [0.3, 0.4) is 0 Å². The van der Waals surface area contributed by atoms with Gasteiger partial charge in [0, 0.05) is 18.8 Å². The summed E-state index contributed by atoms with van der Waals surface area (Å²) in [5, 5.41) is 3.14. The number of fused-ring (bicyclic) bond motifs is 1. The Kier molecular flexibility index (Phi) is 4.54. The Bertz CT molecular complexity index is 711. The number of carbonyl (C=O) groups excluding carboxylic acids is 1. The Morgan fingerprint density at radius 2 is 2.29 bits per heavy atom. The molecule has 0 bridgehead atoms. The lowest BCUT2D eigenvalue weighted by Crippen LogP contribution is -2.39. The van der Waals surface area contributed by atoms with E-state index in [2.05, 4.69) is 10.3 Å². The summed E-state index contributed by atoms with van der Waals surface area (Å²) in [5.41, 5.74) is 6.42. The number of hydrogen-bond acceptors (Lipinski definition) is 5. The van der Waals surface area contributed by atoms with E-state index in [1.165, 1.54) is 10.9 Å². The number of amides is 1. The first-order valence-electron chi connectivity index (χ1n) is 6.54. The van der Waals surface area contributed by atoms with Gasteiger partial charge in [-0.1, -0.05) is 0 Å². The zero-order valence-corrected chi connectivity index (χ0v) is 12.0. The maximum absolute atomic E-state index is 12.3. The topological polar surface area (TPSA) is 99.2 Å². The molecule has 1 aromatic heterocycles. The van der Waals surface area contributed by atoms with Crippen molar-refractivity contribution < 1.29 is 9.53 Å². The number of benzene rings is 1. The predicted octanol–water partition coefficient (Wildman–Crippen LogP) is 0.130. The number of ether oxygens (including phenoxy) is 1. The molecule has 7 nitrogen and oxygen atoms in total. The molecule has 0 spiro atoms. The summed E-state index contributed by atoms with van der Waals surface area (Å²) in [5.74, 6) is -0.272. The summed E-state index contributed by atoms with van der Waals surface area (Å²) >= 11 is 0. The van der Waals surface area contributed by atoms with Crippen LogP contribution in [0.15, 0.2) is 29.3 Å². The molecule has 21 heavy (non-hydrogen) atoms. The molecule has 0 aliphatic rings. The SMILES string of the molecule is COCC(C)NC(=O)Cn1cnc2ccc(N)cc2c1=O. The molecule has 7 heteroatoms. The van der Waals surface area contributed by atoms with E-state index >= 15 is 0 Å². The van der Waals surface area contributed by atoms with Crippen molar-refractivity contribution in [3.8, 4) is 0 Å². The third-order valence-corrected chi connectivity index (χ3v) is 2.99. The molecular formula is C14H18N4O3. The highest BCUT2D eigenvalue weighted by atomic mass is 16.5. The third kappa shape index (κ3) is 3.57. The van der Waals surface area contributed by atoms with Gasteiger partial charge in [-0.3, -0.25) is 14.2 Å². The second-order valence-electron chi connectivity index (χ2n) is 4.88. The Hall–Kier alpha value is -2.41. The molecule has 1 unspecified atom stereocenters. The second-order valence-corrected chi connectivity index (χ2v) is 4.88. The van der Waals surface area contributed by atoms with Crippen LogP contribution in [0.25, 0.3) is 10.9 Å². The fourth-order valence-electron chi connectivity index (χ4n) is 2.06. The van der Waals surface area contributed by atoms with Crippen molar-refractivity contribution in [3.05, 3.63) is 34.9 Å². The van der Waals surface area contributed by atoms with E-state index in [0.29, 0.717) is 23.2 Å². The molecule has 0 fully saturated rings. The van der Waals surface area contributed by atoms with Gasteiger partial charge in [-0.15, -0.1) is 0 Å². The van der Waals surface area contributed by atoms with Crippen LogP contribution in [0, 0.1) is 0 Å². The van der Waals surface area contributed by atoms with Crippen LogP contribution in [0.4, 0.5) is 5.69 Å². The summed E-state index contributed by atoms with van der Waals surface area (Å²) in [6, 6.07) is 4.80. The highest BCUT2D eigenvalue weighted by Gasteiger charge is 2.10. The summed E-state index contributed by atoms with van der Waals surface area (Å²) in [6.07, 6.45) is 1.36. The zero-order valence-electron chi connectivity index (χ0n) is 12.0. The van der Waals surface area contributed by atoms with Gasteiger partial charge >= 0.3 is 0 Å². The summed E-state index contributed by atoms with van der Waals surface area (Å²) in [6.45, 7) is 2.14. The predicted molar refractivity (Wildman–Crippen MR) is 79.9 cm³/mol. The van der Waals surface area contributed by atoms with Crippen LogP contribution < -0.4 is 16.6 Å². The number of nitrogen functional groups attached to an aromatic ring is 1. The third-order valence-electron chi connectivity index (χ3n) is 2.99. The zero-order chi connectivity index (χ0) is 15.4. The number of nitrogens with one attached hydrogen (secondary N) is 1. The lowest BCUT2D eigenvalue weighted by atomic mass is 10.2. The smallest absolute Gasteiger partial charge is 0.261 e. The molecule has 0 aliphatic carbocycles. The first kappa shape index (κ1) is 15.0. The number of hydrogen-bond donors (Lipinski definition) is 2. The molecule has 112 valence electrons. The van der Waals surface area contributed by atoms with E-state index < -0.39 is 0 Å². The minimum absolute atomic E-state index is 0.0926. The number of nitrogens with zero attached hydrogens (tertiary/aromatic N) is 2. The normalized spacial score (nSPS) is 12.3. The summed E-state index contributed by atoms with van der Waals surface area (Å²) in [4.78, 5) is 28.3. The van der Waals surface area contributed by atoms with E-state index in [-0.39, 0.29) is 24.1 Å². The molecule has 3 N–H and O–H groups in total. The molecule has 2 rings (SSSR count). The molecule has 0 radical (unpaired) electrons. The van der Waals surface area contributed by atoms with E-state index in [4.69, 9.17) is 10.5 Å². The van der Waals surface area contributed by atoms with E-state index in [1.54, 1.807) is 25.3 Å². The molecule has 1 aromatic carbocycles. The number of anilines is 1. The largest absolute Gasteiger partial charge is 0.399 e. The van der Waals surface area contributed by atoms with Crippen LogP contribution in [0.1, 0.15) is 6.92 Å². The average Bonchev–Trinajstić information content (AvgIpc) is 2.42. The van der Waals surface area contributed by atoms with Crippen molar-refractivity contribution in [3.63, 3.8) is 0 Å². The summed E-state index contributed by atoms with van der Waals surface area (Å²) < 4.78 is 6.20. The average molecular weight is 290 g/mol. The molecule has 1 heterocycles. The van der Waals surface area contributed by atoms with E-state index in [0.717, 1.165) is 0 Å². The maximum Gasteiger partial charge on any atom is 0.261 e. The Morgan fingerprint density at radius 3 is 3.00 bits per heavy atom. The standard InChI is InChI=1S/C14H18N4O3/c1-9(7-21-2)17-13(19)6-18-8-16-12-4-3-10(15)5-11(12)14(18)20/h3-5,8-9H,6-7,15H2,1-2H3,(H,17,19). The second kappa shape index (κ2) is 6.36. The first-order valence-corrected chi connectivity index (χ1v) is 6.54. The van der Waals surface area contributed by atoms with Crippen LogP contribution in [0.5, 0.6) is 0 Å². The van der Waals surface area contributed by atoms with Gasteiger partial charge < -0.3 is 15.8 Å². The molecule has 1 atom stereocenters. The molecule has 0 aliphatic heterocycles. The lowest BCUT2D eigenvalue weighted by molar-refractivity contribution is -0.122. The van der Waals surface area contributed by atoms with Crippen molar-refractivity contribution >= 4 is 22.5 Å². The van der Waals surface area contributed by atoms with Gasteiger partial charge in [-0.25, -0.2) is 4.98 Å². The first-order chi connectivity index (χ1) is 10.0. The molecule has 1 amide bonds. The molecule has 2 aromatic rings. The Labute approximate surface area is 121 Å². The highest BCUT2D eigenvalue weighted by molar-refractivity contribution is 5.81. The van der Waals surface area contributed by atoms with Crippen LogP contribution in [0.2, 0.25) is 0 Å². The van der Waals surface area contributed by atoms with Crippen molar-refractivity contribution in [1.82, 2.24) is 14.9 Å². The number of rotatable bonds is 5. The lowest BCUT2D eigenvalue weighted by Gasteiger charge is -2.13. The van der Waals surface area contributed by atoms with Gasteiger partial charge in [-0.2, -0.15) is 0 Å². The number of nitrogens with two attached hydrogens (primary N) is 1. The van der Waals surface area contributed by atoms with Crippen LogP contribution >= 0.6 is 0 Å². The van der Waals surface area contributed by atoms with Crippen molar-refractivity contribution in [2.45, 2.75) is 19.5 Å². The molecular weight excluding hydrogens is 272 g/mol. The quantitative estimate of drug-likeness (QED) is 0.763. The fourth-order valence-corrected chi connectivity index (χ4v) is 2.06. The minimum Gasteiger partial charge on any atom is -0.399 e. The molecule has 0 saturated carbocycles. The fraction of sp³-hybridized carbons (Fsp3) is 0.357. The van der Waals surface area contributed by atoms with Crippen LogP contribution in [-0.2, 0) is 16.1 Å². The van der Waals surface area contributed by atoms with Gasteiger partial charge in [0.05, 0.1) is 23.8 Å². The minimum atomic E-state index is -0.290. The Morgan fingerprint density at radius 1 is 1.52 bits per heavy atom. The van der Waals surface area contributed by atoms with Crippen molar-refractivity contribution in [2.75, 3.05) is 19.5 Å². The molecule has 0 saturated heterocycles. The van der Waals surface area contributed by atoms with Gasteiger partial charge in [0.1, 0.15) is 6.54 Å². The maximum atomic E-state index is 12.3. The number of aromatic nitrogens is 2. The monoisotopic (exact) mass is 290 g/mol. The van der Waals surface area contributed by atoms with Crippen LogP contribution in [-0.4, -0.2) is 35.2 Å². The van der Waals surface area contributed by atoms with Gasteiger partial charge in [0.25, 0.3) is 5.56 Å². The van der Waals surface area contributed by atoms with Crippen molar-refractivity contribution in [2.24, 2.45) is 0 Å². The van der Waals surface area contributed by atoms with Gasteiger partial charge in [-0.05, 0) is 25.1 Å². The van der Waals surface area contributed by atoms with Crippen molar-refractivity contribution in [1.29, 1.82) is 0 Å². The number of carbonyl (C=O) groups is 1. The van der Waals surface area contributed by atoms with Gasteiger partial charge in [0.15, 0.2) is 0 Å². The van der Waals surface area contributed by atoms with E-state index in [9.17, 15) is 9.59 Å².